The van der Waals surface area contributed by atoms with Crippen LogP contribution in [0.25, 0.3) is 0 Å². The summed E-state index contributed by atoms with van der Waals surface area (Å²) in [7, 11) is 1.73. The Morgan fingerprint density at radius 1 is 1.31 bits per heavy atom. The van der Waals surface area contributed by atoms with Crippen molar-refractivity contribution in [1.82, 2.24) is 5.32 Å². The summed E-state index contributed by atoms with van der Waals surface area (Å²) < 4.78 is 30.8. The Morgan fingerprint density at radius 3 is 2.44 bits per heavy atom. The summed E-state index contributed by atoms with van der Waals surface area (Å²) in [5, 5.41) is 11.7. The van der Waals surface area contributed by atoms with E-state index < -0.39 is 11.6 Å². The van der Waals surface area contributed by atoms with Crippen molar-refractivity contribution in [2.45, 2.75) is 12.5 Å². The highest BCUT2D eigenvalue weighted by atomic mass is 19.1. The van der Waals surface area contributed by atoms with E-state index in [1.54, 1.807) is 7.05 Å². The largest absolute Gasteiger partial charge is 0.492 e. The van der Waals surface area contributed by atoms with Crippen molar-refractivity contribution >= 4 is 0 Å². The Morgan fingerprint density at radius 2 is 1.94 bits per heavy atom. The number of hydrogen-bond acceptors (Lipinski definition) is 3. The quantitative estimate of drug-likeness (QED) is 0.775. The van der Waals surface area contributed by atoms with E-state index in [2.05, 4.69) is 5.32 Å². The second-order valence-electron chi connectivity index (χ2n) is 3.41. The number of hydrogen-bond donors (Lipinski definition) is 2. The van der Waals surface area contributed by atoms with Gasteiger partial charge >= 0.3 is 0 Å². The highest BCUT2D eigenvalue weighted by molar-refractivity contribution is 5.23. The van der Waals surface area contributed by atoms with E-state index in [9.17, 15) is 8.78 Å². The molecule has 0 saturated carbocycles. The molecular formula is C11H15F2NO2. The molecule has 0 bridgehead atoms. The average Bonchev–Trinajstić information content (AvgIpc) is 2.23. The molecule has 1 aromatic rings. The zero-order valence-corrected chi connectivity index (χ0v) is 9.04. The molecule has 2 N–H and O–H groups in total. The maximum absolute atomic E-state index is 12.8. The second-order valence-corrected chi connectivity index (χ2v) is 3.41. The van der Waals surface area contributed by atoms with Gasteiger partial charge in [-0.15, -0.1) is 0 Å². The van der Waals surface area contributed by atoms with E-state index in [1.165, 1.54) is 0 Å². The Balaban J connectivity index is 2.52. The second kappa shape index (κ2) is 6.40. The normalized spacial score (nSPS) is 12.5. The molecule has 90 valence electrons. The molecule has 0 amide bonds. The van der Waals surface area contributed by atoms with Gasteiger partial charge in [0.1, 0.15) is 24.0 Å². The third kappa shape index (κ3) is 4.12. The van der Waals surface area contributed by atoms with Gasteiger partial charge < -0.3 is 15.2 Å². The lowest BCUT2D eigenvalue weighted by molar-refractivity contribution is 0.218. The molecule has 0 radical (unpaired) electrons. The van der Waals surface area contributed by atoms with Gasteiger partial charge in [-0.05, 0) is 13.5 Å². The molecule has 1 atom stereocenters. The molecule has 0 aliphatic rings. The van der Waals surface area contributed by atoms with Crippen LogP contribution < -0.4 is 10.1 Å². The molecular weight excluding hydrogens is 216 g/mol. The fourth-order valence-corrected chi connectivity index (χ4v) is 1.28. The molecule has 16 heavy (non-hydrogen) atoms. The van der Waals surface area contributed by atoms with Crippen LogP contribution in [0.15, 0.2) is 18.2 Å². The first kappa shape index (κ1) is 12.9. The third-order valence-electron chi connectivity index (χ3n) is 2.17. The molecule has 0 spiro atoms. The average molecular weight is 231 g/mol. The van der Waals surface area contributed by atoms with Crippen LogP contribution in [0, 0.1) is 11.6 Å². The molecule has 3 nitrogen and oxygen atoms in total. The first-order valence-electron chi connectivity index (χ1n) is 5.02. The molecule has 0 aliphatic carbocycles. The van der Waals surface area contributed by atoms with Crippen LogP contribution in [-0.2, 0) is 0 Å². The summed E-state index contributed by atoms with van der Waals surface area (Å²) in [4.78, 5) is 0. The molecule has 0 fully saturated rings. The van der Waals surface area contributed by atoms with Crippen molar-refractivity contribution in [2.24, 2.45) is 0 Å². The van der Waals surface area contributed by atoms with Crippen LogP contribution in [0.3, 0.4) is 0 Å². The topological polar surface area (TPSA) is 41.5 Å². The summed E-state index contributed by atoms with van der Waals surface area (Å²) >= 11 is 0. The number of likely N-dealkylation sites (N-methyl/N-ethyl adjacent to an activating group) is 1. The summed E-state index contributed by atoms with van der Waals surface area (Å²) in [6, 6.07) is 2.98. The molecule has 1 rings (SSSR count). The maximum atomic E-state index is 12.8. The molecule has 0 aromatic heterocycles. The van der Waals surface area contributed by atoms with E-state index in [0.29, 0.717) is 6.42 Å². The first-order valence-corrected chi connectivity index (χ1v) is 5.02. The Kier molecular flexibility index (Phi) is 5.14. The van der Waals surface area contributed by atoms with E-state index in [4.69, 9.17) is 9.84 Å². The van der Waals surface area contributed by atoms with Gasteiger partial charge in [-0.25, -0.2) is 8.78 Å². The van der Waals surface area contributed by atoms with Crippen LogP contribution in [0.4, 0.5) is 8.78 Å². The van der Waals surface area contributed by atoms with E-state index in [0.717, 1.165) is 18.2 Å². The Hall–Kier alpha value is -1.20. The number of halogens is 2. The molecule has 0 heterocycles. The van der Waals surface area contributed by atoms with Gasteiger partial charge in [0, 0.05) is 30.8 Å². The molecule has 5 heteroatoms. The van der Waals surface area contributed by atoms with E-state index in [-0.39, 0.29) is 25.0 Å². The molecule has 0 aliphatic heterocycles. The van der Waals surface area contributed by atoms with Crippen molar-refractivity contribution in [3.05, 3.63) is 29.8 Å². The number of aliphatic hydroxyl groups excluding tert-OH is 1. The standard InChI is InChI=1S/C11H15F2NO2/c1-14-10(2-3-15)7-16-11-5-8(12)4-9(13)6-11/h4-6,10,14-15H,2-3,7H2,1H3. The predicted octanol–water partition coefficient (Wildman–Crippen LogP) is 1.31. The van der Waals surface area contributed by atoms with Crippen LogP contribution in [0.2, 0.25) is 0 Å². The van der Waals surface area contributed by atoms with Crippen molar-refractivity contribution in [3.8, 4) is 5.75 Å². The monoisotopic (exact) mass is 231 g/mol. The minimum atomic E-state index is -0.668. The van der Waals surface area contributed by atoms with E-state index in [1.807, 2.05) is 0 Å². The SMILES string of the molecule is CNC(CCO)COc1cc(F)cc(F)c1. The lowest BCUT2D eigenvalue weighted by Gasteiger charge is -2.15. The Bertz CT molecular complexity index is 314. The fourth-order valence-electron chi connectivity index (χ4n) is 1.28. The van der Waals surface area contributed by atoms with Crippen molar-refractivity contribution in [1.29, 1.82) is 0 Å². The van der Waals surface area contributed by atoms with Crippen molar-refractivity contribution < 1.29 is 18.6 Å². The van der Waals surface area contributed by atoms with Gasteiger partial charge in [0.15, 0.2) is 0 Å². The smallest absolute Gasteiger partial charge is 0.129 e. The lowest BCUT2D eigenvalue weighted by atomic mass is 10.2. The molecule has 0 saturated heterocycles. The minimum absolute atomic E-state index is 0.0341. The number of benzene rings is 1. The van der Waals surface area contributed by atoms with E-state index >= 15 is 0 Å². The third-order valence-corrected chi connectivity index (χ3v) is 2.17. The highest BCUT2D eigenvalue weighted by Crippen LogP contribution is 2.15. The van der Waals surface area contributed by atoms with Crippen LogP contribution >= 0.6 is 0 Å². The predicted molar refractivity (Wildman–Crippen MR) is 56.4 cm³/mol. The number of ether oxygens (including phenoxy) is 1. The zero-order valence-electron chi connectivity index (χ0n) is 9.04. The first-order chi connectivity index (χ1) is 7.65. The van der Waals surface area contributed by atoms with Gasteiger partial charge in [0.25, 0.3) is 0 Å². The zero-order chi connectivity index (χ0) is 12.0. The van der Waals surface area contributed by atoms with Crippen LogP contribution in [0.1, 0.15) is 6.42 Å². The summed E-state index contributed by atoms with van der Waals surface area (Å²) in [5.74, 6) is -1.19. The van der Waals surface area contributed by atoms with Gasteiger partial charge in [-0.3, -0.25) is 0 Å². The number of rotatable bonds is 6. The fraction of sp³-hybridized carbons (Fsp3) is 0.455. The van der Waals surface area contributed by atoms with Crippen molar-refractivity contribution in [3.63, 3.8) is 0 Å². The maximum Gasteiger partial charge on any atom is 0.129 e. The minimum Gasteiger partial charge on any atom is -0.492 e. The Labute approximate surface area is 93.0 Å². The van der Waals surface area contributed by atoms with Crippen LogP contribution in [-0.4, -0.2) is 31.4 Å². The van der Waals surface area contributed by atoms with Gasteiger partial charge in [0.05, 0.1) is 0 Å². The number of nitrogens with one attached hydrogen (secondary N) is 1. The molecule has 1 aromatic carbocycles. The summed E-state index contributed by atoms with van der Waals surface area (Å²) in [5.41, 5.74) is 0. The summed E-state index contributed by atoms with van der Waals surface area (Å²) in [6.45, 7) is 0.284. The lowest BCUT2D eigenvalue weighted by Crippen LogP contribution is -2.32. The van der Waals surface area contributed by atoms with Gasteiger partial charge in [-0.2, -0.15) is 0 Å². The molecule has 1 unspecified atom stereocenters. The van der Waals surface area contributed by atoms with Gasteiger partial charge in [0.2, 0.25) is 0 Å². The summed E-state index contributed by atoms with van der Waals surface area (Å²) in [6.07, 6.45) is 0.522. The van der Waals surface area contributed by atoms with Crippen LogP contribution in [0.5, 0.6) is 5.75 Å². The van der Waals surface area contributed by atoms with Crippen molar-refractivity contribution in [2.75, 3.05) is 20.3 Å². The van der Waals surface area contributed by atoms with Gasteiger partial charge in [-0.1, -0.05) is 0 Å². The highest BCUT2D eigenvalue weighted by Gasteiger charge is 2.07. The number of aliphatic hydroxyl groups is 1.